The second kappa shape index (κ2) is 9.17. The number of likely N-dealkylation sites (tertiary alicyclic amines) is 1. The third-order valence-corrected chi connectivity index (χ3v) is 4.79. The van der Waals surface area contributed by atoms with E-state index < -0.39 is 0 Å². The molecule has 0 atom stereocenters. The van der Waals surface area contributed by atoms with E-state index in [1.54, 1.807) is 12.1 Å². The number of amides is 2. The van der Waals surface area contributed by atoms with Crippen molar-refractivity contribution in [3.63, 3.8) is 0 Å². The maximum Gasteiger partial charge on any atom is 0.251 e. The minimum absolute atomic E-state index is 0.0192. The van der Waals surface area contributed by atoms with Crippen molar-refractivity contribution in [3.8, 4) is 17.2 Å². The molecule has 28 heavy (non-hydrogen) atoms. The molecule has 1 aromatic carbocycles. The highest BCUT2D eigenvalue weighted by atomic mass is 16.5. The molecule has 0 radical (unpaired) electrons. The number of hydrogen-bond donors (Lipinski definition) is 1. The predicted molar refractivity (Wildman–Crippen MR) is 107 cm³/mol. The molecule has 7 nitrogen and oxygen atoms in total. The highest BCUT2D eigenvalue weighted by Gasteiger charge is 2.27. The number of carbonyl (C=O) groups excluding carboxylic acids is 2. The Labute approximate surface area is 167 Å². The van der Waals surface area contributed by atoms with Gasteiger partial charge in [0.15, 0.2) is 11.5 Å². The molecule has 1 saturated heterocycles. The van der Waals surface area contributed by atoms with Gasteiger partial charge in [0.25, 0.3) is 5.91 Å². The Hall–Kier alpha value is -2.44. The van der Waals surface area contributed by atoms with Crippen molar-refractivity contribution < 1.29 is 23.8 Å². The second-order valence-corrected chi connectivity index (χ2v) is 8.28. The van der Waals surface area contributed by atoms with Gasteiger partial charge in [0.2, 0.25) is 11.7 Å². The topological polar surface area (TPSA) is 77.1 Å². The summed E-state index contributed by atoms with van der Waals surface area (Å²) in [5.74, 6) is 1.32. The van der Waals surface area contributed by atoms with Crippen molar-refractivity contribution in [2.75, 3.05) is 34.4 Å². The van der Waals surface area contributed by atoms with E-state index in [1.165, 1.54) is 21.3 Å². The molecule has 1 heterocycles. The summed E-state index contributed by atoms with van der Waals surface area (Å²) < 4.78 is 15.9. The number of hydrogen-bond acceptors (Lipinski definition) is 5. The van der Waals surface area contributed by atoms with Crippen LogP contribution in [0.3, 0.4) is 0 Å². The minimum Gasteiger partial charge on any atom is -0.493 e. The number of ether oxygens (including phenoxy) is 3. The molecule has 1 aliphatic rings. The van der Waals surface area contributed by atoms with Gasteiger partial charge >= 0.3 is 0 Å². The lowest BCUT2D eigenvalue weighted by molar-refractivity contribution is -0.134. The van der Waals surface area contributed by atoms with Crippen molar-refractivity contribution in [1.82, 2.24) is 10.2 Å². The van der Waals surface area contributed by atoms with Crippen molar-refractivity contribution >= 4 is 11.8 Å². The molecular weight excluding hydrogens is 360 g/mol. The average Bonchev–Trinajstić information content (AvgIpc) is 2.65. The number of carbonyl (C=O) groups is 2. The van der Waals surface area contributed by atoms with Gasteiger partial charge in [-0.25, -0.2) is 0 Å². The van der Waals surface area contributed by atoms with E-state index in [0.29, 0.717) is 42.3 Å². The van der Waals surface area contributed by atoms with Crippen LogP contribution in [0.2, 0.25) is 0 Å². The van der Waals surface area contributed by atoms with E-state index in [2.05, 4.69) is 26.1 Å². The highest BCUT2D eigenvalue weighted by molar-refractivity contribution is 5.95. The van der Waals surface area contributed by atoms with E-state index in [4.69, 9.17) is 14.2 Å². The van der Waals surface area contributed by atoms with Gasteiger partial charge in [-0.1, -0.05) is 20.8 Å². The molecule has 2 amide bonds. The van der Waals surface area contributed by atoms with E-state index in [1.807, 2.05) is 4.90 Å². The molecule has 0 saturated carbocycles. The van der Waals surface area contributed by atoms with E-state index in [0.717, 1.165) is 12.8 Å². The molecule has 1 aliphatic heterocycles. The molecule has 0 aromatic heterocycles. The van der Waals surface area contributed by atoms with Crippen molar-refractivity contribution in [2.24, 2.45) is 5.41 Å². The Morgan fingerprint density at radius 2 is 1.57 bits per heavy atom. The number of nitrogens with one attached hydrogen (secondary N) is 1. The predicted octanol–water partition coefficient (Wildman–Crippen LogP) is 2.87. The zero-order valence-electron chi connectivity index (χ0n) is 17.8. The average molecular weight is 392 g/mol. The van der Waals surface area contributed by atoms with Crippen LogP contribution in [0.25, 0.3) is 0 Å². The molecule has 1 fully saturated rings. The molecule has 156 valence electrons. The summed E-state index contributed by atoms with van der Waals surface area (Å²) in [6.45, 7) is 7.52. The number of methoxy groups -OCH3 is 3. The van der Waals surface area contributed by atoms with Crippen LogP contribution in [-0.4, -0.2) is 57.2 Å². The maximum atomic E-state index is 12.7. The Kier molecular flexibility index (Phi) is 7.16. The van der Waals surface area contributed by atoms with Gasteiger partial charge in [0, 0.05) is 31.1 Å². The van der Waals surface area contributed by atoms with E-state index >= 15 is 0 Å². The largest absolute Gasteiger partial charge is 0.493 e. The van der Waals surface area contributed by atoms with E-state index in [9.17, 15) is 9.59 Å². The lowest BCUT2D eigenvalue weighted by Crippen LogP contribution is -2.47. The summed E-state index contributed by atoms with van der Waals surface area (Å²) in [6, 6.07) is 3.31. The summed E-state index contributed by atoms with van der Waals surface area (Å²) in [6.07, 6.45) is 2.02. The summed E-state index contributed by atoms with van der Waals surface area (Å²) >= 11 is 0. The summed E-state index contributed by atoms with van der Waals surface area (Å²) in [7, 11) is 4.56. The standard InChI is InChI=1S/C21H32N2O5/c1-21(2,3)13-18(24)23-9-7-15(8-10-23)22-20(25)14-11-16(26-4)19(28-6)17(12-14)27-5/h11-12,15H,7-10,13H2,1-6H3,(H,22,25). The van der Waals surface area contributed by atoms with Crippen LogP contribution in [0.4, 0.5) is 0 Å². The van der Waals surface area contributed by atoms with Crippen LogP contribution in [0.1, 0.15) is 50.4 Å². The van der Waals surface area contributed by atoms with Crippen molar-refractivity contribution in [3.05, 3.63) is 17.7 Å². The van der Waals surface area contributed by atoms with Gasteiger partial charge in [-0.15, -0.1) is 0 Å². The molecule has 0 bridgehead atoms. The molecule has 1 aromatic rings. The van der Waals surface area contributed by atoms with Crippen LogP contribution < -0.4 is 19.5 Å². The van der Waals surface area contributed by atoms with Gasteiger partial charge in [-0.2, -0.15) is 0 Å². The smallest absolute Gasteiger partial charge is 0.251 e. The van der Waals surface area contributed by atoms with Crippen molar-refractivity contribution in [1.29, 1.82) is 0 Å². The summed E-state index contributed by atoms with van der Waals surface area (Å²) in [4.78, 5) is 27.0. The fourth-order valence-corrected chi connectivity index (χ4v) is 3.32. The zero-order chi connectivity index (χ0) is 20.9. The summed E-state index contributed by atoms with van der Waals surface area (Å²) in [5, 5.41) is 3.05. The normalized spacial score (nSPS) is 15.1. The number of rotatable bonds is 6. The molecule has 2 rings (SSSR count). The lowest BCUT2D eigenvalue weighted by atomic mass is 9.91. The van der Waals surface area contributed by atoms with Crippen LogP contribution in [-0.2, 0) is 4.79 Å². The minimum atomic E-state index is -0.196. The van der Waals surface area contributed by atoms with E-state index in [-0.39, 0.29) is 23.3 Å². The van der Waals surface area contributed by atoms with Crippen molar-refractivity contribution in [2.45, 2.75) is 46.1 Å². The third kappa shape index (κ3) is 5.53. The van der Waals surface area contributed by atoms with Crippen LogP contribution in [0.15, 0.2) is 12.1 Å². The number of benzene rings is 1. The van der Waals surface area contributed by atoms with Gasteiger partial charge in [0.1, 0.15) is 0 Å². The molecule has 0 unspecified atom stereocenters. The first-order chi connectivity index (χ1) is 13.2. The van der Waals surface area contributed by atoms with Gasteiger partial charge in [-0.3, -0.25) is 9.59 Å². The highest BCUT2D eigenvalue weighted by Crippen LogP contribution is 2.38. The van der Waals surface area contributed by atoms with Crippen LogP contribution >= 0.6 is 0 Å². The zero-order valence-corrected chi connectivity index (χ0v) is 17.8. The third-order valence-electron chi connectivity index (χ3n) is 4.79. The Bertz CT molecular complexity index is 678. The monoisotopic (exact) mass is 392 g/mol. The fraction of sp³-hybridized carbons (Fsp3) is 0.619. The lowest BCUT2D eigenvalue weighted by Gasteiger charge is -2.34. The first kappa shape index (κ1) is 21.9. The summed E-state index contributed by atoms with van der Waals surface area (Å²) in [5.41, 5.74) is 0.426. The first-order valence-electron chi connectivity index (χ1n) is 9.57. The molecule has 7 heteroatoms. The number of nitrogens with zero attached hydrogens (tertiary/aromatic N) is 1. The number of piperidine rings is 1. The van der Waals surface area contributed by atoms with Crippen LogP contribution in [0.5, 0.6) is 17.2 Å². The second-order valence-electron chi connectivity index (χ2n) is 8.28. The van der Waals surface area contributed by atoms with Gasteiger partial charge in [0.05, 0.1) is 21.3 Å². The maximum absolute atomic E-state index is 12.7. The molecule has 0 aliphatic carbocycles. The quantitative estimate of drug-likeness (QED) is 0.806. The van der Waals surface area contributed by atoms with Gasteiger partial charge in [-0.05, 0) is 30.4 Å². The fourth-order valence-electron chi connectivity index (χ4n) is 3.32. The van der Waals surface area contributed by atoms with Crippen LogP contribution in [0, 0.1) is 5.41 Å². The Balaban J connectivity index is 1.98. The Morgan fingerprint density at radius 3 is 2.00 bits per heavy atom. The SMILES string of the molecule is COc1cc(C(=O)NC2CCN(C(=O)CC(C)(C)C)CC2)cc(OC)c1OC. The van der Waals surface area contributed by atoms with Gasteiger partial charge < -0.3 is 24.4 Å². The molecular formula is C21H32N2O5. The molecule has 0 spiro atoms. The first-order valence-corrected chi connectivity index (χ1v) is 9.57. The Morgan fingerprint density at radius 1 is 1.04 bits per heavy atom. The molecule has 1 N–H and O–H groups in total.